The number of benzene rings is 4. The van der Waals surface area contributed by atoms with Crippen LogP contribution in [0.15, 0.2) is 121 Å². The van der Waals surface area contributed by atoms with Crippen LogP contribution in [0.5, 0.6) is 0 Å². The number of rotatable bonds is 12. The number of ether oxygens (including phenoxy) is 2. The average molecular weight is 675 g/mol. The van der Waals surface area contributed by atoms with E-state index in [1.807, 2.05) is 78.9 Å². The first-order chi connectivity index (χ1) is 24.1. The van der Waals surface area contributed by atoms with E-state index in [1.165, 1.54) is 13.1 Å². The van der Waals surface area contributed by atoms with Crippen LogP contribution in [0.2, 0.25) is 0 Å². The van der Waals surface area contributed by atoms with Crippen LogP contribution >= 0.6 is 0 Å². The van der Waals surface area contributed by atoms with Gasteiger partial charge in [0.2, 0.25) is 0 Å². The predicted molar refractivity (Wildman–Crippen MR) is 189 cm³/mol. The van der Waals surface area contributed by atoms with Gasteiger partial charge in [0.25, 0.3) is 0 Å². The van der Waals surface area contributed by atoms with Gasteiger partial charge in [-0.2, -0.15) is 0 Å². The fourth-order valence-corrected chi connectivity index (χ4v) is 5.85. The number of esters is 2. The van der Waals surface area contributed by atoms with Crippen molar-refractivity contribution in [2.75, 3.05) is 6.61 Å². The molecule has 0 spiro atoms. The summed E-state index contributed by atoms with van der Waals surface area (Å²) >= 11 is 0. The summed E-state index contributed by atoms with van der Waals surface area (Å²) in [5, 5.41) is 19.9. The fraction of sp³-hybridized carbons (Fsp3) is 0.200. The van der Waals surface area contributed by atoms with Gasteiger partial charge in [0.05, 0.1) is 12.3 Å². The van der Waals surface area contributed by atoms with Crippen molar-refractivity contribution in [2.45, 2.75) is 44.1 Å². The van der Waals surface area contributed by atoms with Crippen LogP contribution in [0.3, 0.4) is 0 Å². The van der Waals surface area contributed by atoms with Crippen molar-refractivity contribution in [3.63, 3.8) is 0 Å². The van der Waals surface area contributed by atoms with Gasteiger partial charge in [0.1, 0.15) is 6.61 Å². The van der Waals surface area contributed by atoms with E-state index in [4.69, 9.17) is 19.7 Å². The Morgan fingerprint density at radius 1 is 0.720 bits per heavy atom. The van der Waals surface area contributed by atoms with Crippen molar-refractivity contribution in [1.29, 1.82) is 0 Å². The Morgan fingerprint density at radius 2 is 1.30 bits per heavy atom. The quantitative estimate of drug-likeness (QED) is 0.0803. The summed E-state index contributed by atoms with van der Waals surface area (Å²) < 4.78 is 11.3. The number of nitrogens with one attached hydrogen (secondary N) is 2. The summed E-state index contributed by atoms with van der Waals surface area (Å²) in [5.41, 5.74) is 0.870. The second kappa shape index (κ2) is 15.4. The number of carbonyl (C=O) groups excluding carboxylic acids is 2. The van der Waals surface area contributed by atoms with Gasteiger partial charge in [-0.15, -0.1) is 0 Å². The molecule has 4 aromatic carbocycles. The second-order valence-corrected chi connectivity index (χ2v) is 11.9. The van der Waals surface area contributed by atoms with E-state index in [2.05, 4.69) is 9.97 Å². The highest BCUT2D eigenvalue weighted by molar-refractivity contribution is 6.08. The molecule has 50 heavy (non-hydrogen) atoms. The summed E-state index contributed by atoms with van der Waals surface area (Å²) in [5.74, 6) is -3.96. The Kier molecular flexibility index (Phi) is 10.8. The van der Waals surface area contributed by atoms with Gasteiger partial charge in [-0.05, 0) is 48.1 Å². The molecule has 1 atom stereocenters. The summed E-state index contributed by atoms with van der Waals surface area (Å²) in [6.45, 7) is 3.22. The summed E-state index contributed by atoms with van der Waals surface area (Å²) in [6.07, 6.45) is 2.24. The third kappa shape index (κ3) is 7.14. The Labute approximate surface area is 288 Å². The van der Waals surface area contributed by atoms with E-state index in [0.717, 1.165) is 27.7 Å². The van der Waals surface area contributed by atoms with Crippen LogP contribution in [0.25, 0.3) is 21.8 Å². The Balaban J connectivity index is 0.000000240. The maximum absolute atomic E-state index is 13.4. The molecule has 0 aliphatic heterocycles. The van der Waals surface area contributed by atoms with Crippen molar-refractivity contribution in [3.8, 4) is 0 Å². The molecule has 0 saturated heterocycles. The van der Waals surface area contributed by atoms with Crippen LogP contribution in [0.4, 0.5) is 0 Å². The third-order valence-electron chi connectivity index (χ3n) is 8.89. The normalized spacial score (nSPS) is 12.4. The molecular formula is C40H38N2O8. The smallest absolute Gasteiger partial charge is 0.328 e. The van der Waals surface area contributed by atoms with Crippen LogP contribution in [-0.4, -0.2) is 50.7 Å². The topological polar surface area (TPSA) is 159 Å². The zero-order chi connectivity index (χ0) is 35.7. The first kappa shape index (κ1) is 35.2. The van der Waals surface area contributed by atoms with Gasteiger partial charge in [-0.25, -0.2) is 0 Å². The van der Waals surface area contributed by atoms with Gasteiger partial charge in [0.15, 0.2) is 10.8 Å². The summed E-state index contributed by atoms with van der Waals surface area (Å²) in [4.78, 5) is 55.3. The molecular weight excluding hydrogens is 636 g/mol. The molecule has 4 N–H and O–H groups in total. The molecule has 2 heterocycles. The van der Waals surface area contributed by atoms with Crippen molar-refractivity contribution in [1.82, 2.24) is 9.97 Å². The first-order valence-electron chi connectivity index (χ1n) is 16.1. The molecule has 1 unspecified atom stereocenters. The van der Waals surface area contributed by atoms with Crippen LogP contribution in [0.1, 0.15) is 42.7 Å². The van der Waals surface area contributed by atoms with Gasteiger partial charge >= 0.3 is 23.9 Å². The highest BCUT2D eigenvalue weighted by Gasteiger charge is 2.49. The number of carboxylic acids is 2. The average Bonchev–Trinajstić information content (AvgIpc) is 3.76. The molecule has 10 heteroatoms. The number of H-pyrrole nitrogens is 2. The van der Waals surface area contributed by atoms with E-state index < -0.39 is 34.7 Å². The number of hydrogen-bond donors (Lipinski definition) is 4. The maximum atomic E-state index is 13.4. The number of carboxylic acid groups (broad SMARTS) is 2. The zero-order valence-electron chi connectivity index (χ0n) is 27.7. The molecule has 256 valence electrons. The molecule has 0 aliphatic rings. The molecule has 2 aromatic heterocycles. The van der Waals surface area contributed by atoms with Crippen LogP contribution < -0.4 is 0 Å². The Bertz CT molecular complexity index is 2050. The number of carbonyl (C=O) groups is 4. The minimum Gasteiger partial charge on any atom is -0.480 e. The highest BCUT2D eigenvalue weighted by Crippen LogP contribution is 2.33. The molecule has 0 amide bonds. The highest BCUT2D eigenvalue weighted by atomic mass is 16.6. The number of hydrogen-bond acceptors (Lipinski definition) is 6. The molecule has 0 aliphatic carbocycles. The van der Waals surface area contributed by atoms with E-state index in [-0.39, 0.29) is 25.2 Å². The van der Waals surface area contributed by atoms with Gasteiger partial charge in [-0.1, -0.05) is 104 Å². The number of aromatic amines is 2. The van der Waals surface area contributed by atoms with Gasteiger partial charge < -0.3 is 29.7 Å². The molecule has 6 aromatic rings. The molecule has 0 radical (unpaired) electrons. The van der Waals surface area contributed by atoms with Crippen molar-refractivity contribution < 1.29 is 38.9 Å². The van der Waals surface area contributed by atoms with Gasteiger partial charge in [-0.3, -0.25) is 19.2 Å². The van der Waals surface area contributed by atoms with Crippen LogP contribution in [-0.2, 0) is 52.5 Å². The molecule has 0 bridgehead atoms. The molecule has 10 nitrogen and oxygen atoms in total. The molecule has 6 rings (SSSR count). The lowest BCUT2D eigenvalue weighted by Crippen LogP contribution is -2.46. The number of aromatic nitrogens is 2. The zero-order valence-corrected chi connectivity index (χ0v) is 27.7. The number of fused-ring (bicyclic) bond motifs is 2. The maximum Gasteiger partial charge on any atom is 0.328 e. The predicted octanol–water partition coefficient (Wildman–Crippen LogP) is 6.94. The van der Waals surface area contributed by atoms with E-state index in [0.29, 0.717) is 17.4 Å². The van der Waals surface area contributed by atoms with E-state index in [9.17, 15) is 19.2 Å². The number of aliphatic carboxylic acids is 2. The van der Waals surface area contributed by atoms with E-state index >= 15 is 0 Å². The monoisotopic (exact) mass is 674 g/mol. The molecule has 0 fully saturated rings. The molecule has 0 saturated carbocycles. The summed E-state index contributed by atoms with van der Waals surface area (Å²) in [7, 11) is 0. The lowest BCUT2D eigenvalue weighted by Gasteiger charge is -2.28. The minimum absolute atomic E-state index is 0.0411. The first-order valence-corrected chi connectivity index (χ1v) is 16.1. The lowest BCUT2D eigenvalue weighted by atomic mass is 9.78. The SMILES string of the molecule is CC(C(=O)O)(C(=O)O)c1c[nH]c2ccccc12.CCC(C(=O)OCCc1ccccc1)(C(=O)OCc1cc2ccccc2[nH]1)c1ccccc1. The second-order valence-electron chi connectivity index (χ2n) is 11.9. The largest absolute Gasteiger partial charge is 0.480 e. The van der Waals surface area contributed by atoms with Crippen molar-refractivity contribution >= 4 is 45.7 Å². The van der Waals surface area contributed by atoms with E-state index in [1.54, 1.807) is 43.3 Å². The van der Waals surface area contributed by atoms with Crippen LogP contribution in [0, 0.1) is 0 Å². The minimum atomic E-state index is -1.94. The standard InChI is InChI=1S/C28H27NO4.C12H11NO4/c1-2-28(23-14-7-4-8-15-23,26(30)32-18-17-21-11-5-3-6-12-21)27(31)33-20-24-19-22-13-9-10-16-25(22)29-24;1-12(10(14)15,11(16)17)8-6-13-9-5-3-2-4-7(8)9/h3-16,19,29H,2,17-18,20H2,1H3;2-6,13H,1H3,(H,14,15)(H,16,17). The summed E-state index contributed by atoms with van der Waals surface area (Å²) in [6, 6.07) is 35.6. The van der Waals surface area contributed by atoms with Crippen molar-refractivity contribution in [3.05, 3.63) is 144 Å². The lowest BCUT2D eigenvalue weighted by molar-refractivity contribution is -0.166. The van der Waals surface area contributed by atoms with Crippen molar-refractivity contribution in [2.24, 2.45) is 0 Å². The number of para-hydroxylation sites is 2. The Morgan fingerprint density at radius 3 is 1.94 bits per heavy atom. The van der Waals surface area contributed by atoms with Gasteiger partial charge in [0, 0.05) is 34.6 Å². The third-order valence-corrected chi connectivity index (χ3v) is 8.89. The fourth-order valence-electron chi connectivity index (χ4n) is 5.85. The Hall–Kier alpha value is -6.16.